The molecule has 0 aliphatic rings. The number of ether oxygens (including phenoxy) is 1. The zero-order valence-corrected chi connectivity index (χ0v) is 11.8. The molecule has 3 aromatic rings. The number of rotatable bonds is 4. The molecule has 6 heteroatoms. The fourth-order valence-corrected chi connectivity index (χ4v) is 2.12. The molecule has 1 aromatic carbocycles. The van der Waals surface area contributed by atoms with Gasteiger partial charge < -0.3 is 15.4 Å². The van der Waals surface area contributed by atoms with Crippen molar-refractivity contribution in [2.45, 2.75) is 0 Å². The summed E-state index contributed by atoms with van der Waals surface area (Å²) in [5.41, 5.74) is 1.86. The second kappa shape index (κ2) is 5.62. The minimum atomic E-state index is 0.575. The molecule has 0 spiro atoms. The summed E-state index contributed by atoms with van der Waals surface area (Å²) in [6.07, 6.45) is 3.27. The molecule has 0 unspecified atom stereocenters. The van der Waals surface area contributed by atoms with Gasteiger partial charge in [0.2, 0.25) is 5.75 Å². The van der Waals surface area contributed by atoms with E-state index in [2.05, 4.69) is 25.6 Å². The van der Waals surface area contributed by atoms with Crippen molar-refractivity contribution in [3.63, 3.8) is 0 Å². The molecule has 0 radical (unpaired) electrons. The maximum absolute atomic E-state index is 5.36. The molecular formula is C15H15N5O. The van der Waals surface area contributed by atoms with E-state index in [9.17, 15) is 0 Å². The van der Waals surface area contributed by atoms with Gasteiger partial charge >= 0.3 is 0 Å². The van der Waals surface area contributed by atoms with E-state index in [0.29, 0.717) is 17.4 Å². The molecule has 2 heterocycles. The molecule has 0 aliphatic carbocycles. The molecular weight excluding hydrogens is 266 g/mol. The summed E-state index contributed by atoms with van der Waals surface area (Å²) >= 11 is 0. The third-order valence-electron chi connectivity index (χ3n) is 3.11. The van der Waals surface area contributed by atoms with Crippen LogP contribution in [0.25, 0.3) is 10.9 Å². The highest BCUT2D eigenvalue weighted by molar-refractivity contribution is 5.83. The van der Waals surface area contributed by atoms with Crippen molar-refractivity contribution in [1.29, 1.82) is 0 Å². The Kier molecular flexibility index (Phi) is 3.51. The minimum absolute atomic E-state index is 0.575. The second-order valence-corrected chi connectivity index (χ2v) is 4.39. The minimum Gasteiger partial charge on any atom is -0.490 e. The van der Waals surface area contributed by atoms with Crippen molar-refractivity contribution >= 4 is 28.2 Å². The first-order valence-electron chi connectivity index (χ1n) is 6.50. The third kappa shape index (κ3) is 2.55. The Morgan fingerprint density at radius 3 is 2.71 bits per heavy atom. The van der Waals surface area contributed by atoms with Crippen LogP contribution in [0.1, 0.15) is 0 Å². The van der Waals surface area contributed by atoms with E-state index in [1.54, 1.807) is 20.4 Å². The molecule has 0 saturated carbocycles. The maximum atomic E-state index is 5.36. The summed E-state index contributed by atoms with van der Waals surface area (Å²) < 4.78 is 5.36. The van der Waals surface area contributed by atoms with Gasteiger partial charge in [-0.1, -0.05) is 6.07 Å². The van der Waals surface area contributed by atoms with Crippen LogP contribution in [-0.2, 0) is 0 Å². The lowest BCUT2D eigenvalue weighted by molar-refractivity contribution is 0.415. The predicted molar refractivity (Wildman–Crippen MR) is 83.2 cm³/mol. The number of fused-ring (bicyclic) bond motifs is 1. The average Bonchev–Trinajstić information content (AvgIpc) is 2.54. The van der Waals surface area contributed by atoms with Crippen LogP contribution in [-0.4, -0.2) is 29.1 Å². The molecule has 2 aromatic heterocycles. The van der Waals surface area contributed by atoms with Gasteiger partial charge in [-0.25, -0.2) is 9.97 Å². The van der Waals surface area contributed by atoms with Gasteiger partial charge in [0.15, 0.2) is 11.6 Å². The lowest BCUT2D eigenvalue weighted by Crippen LogP contribution is -2.03. The molecule has 21 heavy (non-hydrogen) atoms. The molecule has 0 fully saturated rings. The van der Waals surface area contributed by atoms with Crippen LogP contribution in [0, 0.1) is 0 Å². The number of hydrogen-bond acceptors (Lipinski definition) is 6. The van der Waals surface area contributed by atoms with Crippen molar-refractivity contribution in [2.75, 3.05) is 24.8 Å². The van der Waals surface area contributed by atoms with Gasteiger partial charge in [0.25, 0.3) is 0 Å². The Hall–Kier alpha value is -2.89. The van der Waals surface area contributed by atoms with Crippen LogP contribution in [0.4, 0.5) is 17.3 Å². The van der Waals surface area contributed by atoms with Crippen LogP contribution < -0.4 is 15.4 Å². The van der Waals surface area contributed by atoms with Crippen LogP contribution in [0.5, 0.6) is 5.75 Å². The molecule has 3 rings (SSSR count). The van der Waals surface area contributed by atoms with E-state index in [1.165, 1.54) is 6.33 Å². The number of benzene rings is 1. The van der Waals surface area contributed by atoms with Gasteiger partial charge in [-0.05, 0) is 24.3 Å². The van der Waals surface area contributed by atoms with Crippen molar-refractivity contribution in [3.8, 4) is 5.75 Å². The van der Waals surface area contributed by atoms with Crippen molar-refractivity contribution in [3.05, 3.63) is 42.9 Å². The summed E-state index contributed by atoms with van der Waals surface area (Å²) in [7, 11) is 3.38. The topological polar surface area (TPSA) is 72.0 Å². The van der Waals surface area contributed by atoms with E-state index in [4.69, 9.17) is 4.74 Å². The first-order chi connectivity index (χ1) is 10.3. The first kappa shape index (κ1) is 13.1. The van der Waals surface area contributed by atoms with Crippen LogP contribution in [0.15, 0.2) is 42.9 Å². The van der Waals surface area contributed by atoms with Crippen molar-refractivity contribution in [2.24, 2.45) is 0 Å². The van der Waals surface area contributed by atoms with Gasteiger partial charge in [-0.15, -0.1) is 0 Å². The van der Waals surface area contributed by atoms with E-state index in [1.807, 2.05) is 30.3 Å². The average molecular weight is 281 g/mol. The van der Waals surface area contributed by atoms with Gasteiger partial charge in [0.1, 0.15) is 6.33 Å². The molecule has 0 saturated heterocycles. The van der Waals surface area contributed by atoms with Crippen molar-refractivity contribution in [1.82, 2.24) is 15.0 Å². The lowest BCUT2D eigenvalue weighted by atomic mass is 10.2. The van der Waals surface area contributed by atoms with Crippen LogP contribution in [0.2, 0.25) is 0 Å². The Morgan fingerprint density at radius 2 is 1.90 bits per heavy atom. The Balaban J connectivity index is 1.98. The van der Waals surface area contributed by atoms with Crippen LogP contribution in [0.3, 0.4) is 0 Å². The lowest BCUT2D eigenvalue weighted by Gasteiger charge is -2.13. The largest absolute Gasteiger partial charge is 0.490 e. The third-order valence-corrected chi connectivity index (χ3v) is 3.11. The van der Waals surface area contributed by atoms with Crippen molar-refractivity contribution < 1.29 is 4.74 Å². The second-order valence-electron chi connectivity index (χ2n) is 4.39. The zero-order chi connectivity index (χ0) is 14.7. The SMILES string of the molecule is CNc1ncnc(Nc2ccc3ncccc3c2)c1OC. The van der Waals surface area contributed by atoms with E-state index < -0.39 is 0 Å². The Labute approximate surface area is 122 Å². The van der Waals surface area contributed by atoms with Gasteiger partial charge in [0, 0.05) is 24.3 Å². The smallest absolute Gasteiger partial charge is 0.204 e. The van der Waals surface area contributed by atoms with E-state index >= 15 is 0 Å². The van der Waals surface area contributed by atoms with E-state index in [0.717, 1.165) is 16.6 Å². The predicted octanol–water partition coefficient (Wildman–Crippen LogP) is 2.82. The molecule has 0 amide bonds. The summed E-state index contributed by atoms with van der Waals surface area (Å²) in [5.74, 6) is 1.82. The number of methoxy groups -OCH3 is 1. The number of nitrogens with one attached hydrogen (secondary N) is 2. The molecule has 106 valence electrons. The summed E-state index contributed by atoms with van der Waals surface area (Å²) in [5, 5.41) is 7.28. The molecule has 0 aliphatic heterocycles. The number of nitrogens with zero attached hydrogens (tertiary/aromatic N) is 3. The normalized spacial score (nSPS) is 10.4. The van der Waals surface area contributed by atoms with Crippen LogP contribution >= 0.6 is 0 Å². The number of pyridine rings is 1. The quantitative estimate of drug-likeness (QED) is 0.766. The number of hydrogen-bond donors (Lipinski definition) is 2. The number of aromatic nitrogens is 3. The van der Waals surface area contributed by atoms with Gasteiger partial charge in [-0.3, -0.25) is 4.98 Å². The number of anilines is 3. The fourth-order valence-electron chi connectivity index (χ4n) is 2.12. The maximum Gasteiger partial charge on any atom is 0.204 e. The monoisotopic (exact) mass is 281 g/mol. The highest BCUT2D eigenvalue weighted by atomic mass is 16.5. The summed E-state index contributed by atoms with van der Waals surface area (Å²) in [6.45, 7) is 0. The van der Waals surface area contributed by atoms with Gasteiger partial charge in [0.05, 0.1) is 12.6 Å². The Morgan fingerprint density at radius 1 is 1.05 bits per heavy atom. The fraction of sp³-hybridized carbons (Fsp3) is 0.133. The molecule has 6 nitrogen and oxygen atoms in total. The van der Waals surface area contributed by atoms with Gasteiger partial charge in [-0.2, -0.15) is 0 Å². The highest BCUT2D eigenvalue weighted by Crippen LogP contribution is 2.31. The zero-order valence-electron chi connectivity index (χ0n) is 11.8. The van der Waals surface area contributed by atoms with E-state index in [-0.39, 0.29) is 0 Å². The highest BCUT2D eigenvalue weighted by Gasteiger charge is 2.11. The molecule has 2 N–H and O–H groups in total. The molecule has 0 atom stereocenters. The Bertz CT molecular complexity index is 775. The summed E-state index contributed by atoms with van der Waals surface area (Å²) in [6, 6.07) is 9.86. The molecule has 0 bridgehead atoms. The standard InChI is InChI=1S/C15H15N5O/c1-16-14-13(21-2)15(19-9-18-14)20-11-5-6-12-10(8-11)4-3-7-17-12/h3-9H,1-2H3,(H2,16,18,19,20). The first-order valence-corrected chi connectivity index (χ1v) is 6.50. The summed E-state index contributed by atoms with van der Waals surface area (Å²) in [4.78, 5) is 12.7.